The lowest BCUT2D eigenvalue weighted by atomic mass is 9.85. The summed E-state index contributed by atoms with van der Waals surface area (Å²) in [5, 5.41) is 0.580. The van der Waals surface area contributed by atoms with Gasteiger partial charge in [-0.05, 0) is 25.0 Å². The molecule has 15 heavy (non-hydrogen) atoms. The predicted molar refractivity (Wildman–Crippen MR) is 61.2 cm³/mol. The number of nitrogens with two attached hydrogens (primary N) is 1. The van der Waals surface area contributed by atoms with E-state index < -0.39 is 0 Å². The largest absolute Gasteiger partial charge is 0.398 e. The van der Waals surface area contributed by atoms with Gasteiger partial charge in [0.2, 0.25) is 0 Å². The van der Waals surface area contributed by atoms with Crippen molar-refractivity contribution in [1.82, 2.24) is 9.38 Å². The van der Waals surface area contributed by atoms with E-state index in [1.165, 1.54) is 19.3 Å². The molecule has 78 valence electrons. The van der Waals surface area contributed by atoms with Gasteiger partial charge in [0.15, 0.2) is 5.15 Å². The molecule has 3 rings (SSSR count). The van der Waals surface area contributed by atoms with Gasteiger partial charge in [-0.2, -0.15) is 0 Å². The average molecular weight is 222 g/mol. The number of nitrogen functional groups attached to an aromatic ring is 1. The van der Waals surface area contributed by atoms with E-state index in [4.69, 9.17) is 17.3 Å². The van der Waals surface area contributed by atoms with Crippen LogP contribution in [0, 0.1) is 0 Å². The Bertz CT molecular complexity index is 514. The molecular weight excluding hydrogens is 210 g/mol. The highest BCUT2D eigenvalue weighted by Gasteiger charge is 2.25. The number of aromatic nitrogens is 2. The zero-order chi connectivity index (χ0) is 10.4. The van der Waals surface area contributed by atoms with Gasteiger partial charge in [-0.1, -0.05) is 18.0 Å². The summed E-state index contributed by atoms with van der Waals surface area (Å²) in [7, 11) is 0. The van der Waals surface area contributed by atoms with Crippen molar-refractivity contribution in [1.29, 1.82) is 0 Å². The molecule has 0 aromatic carbocycles. The second-order valence-corrected chi connectivity index (χ2v) is 4.46. The van der Waals surface area contributed by atoms with Crippen molar-refractivity contribution in [2.45, 2.75) is 25.2 Å². The molecule has 2 heterocycles. The Hall–Kier alpha value is -1.22. The monoisotopic (exact) mass is 221 g/mol. The topological polar surface area (TPSA) is 43.3 Å². The number of hydrogen-bond donors (Lipinski definition) is 1. The van der Waals surface area contributed by atoms with E-state index in [1.807, 2.05) is 22.7 Å². The Balaban J connectivity index is 2.24. The molecule has 0 spiro atoms. The SMILES string of the molecule is Nc1ccc2c(Cl)nc(C3CCC3)n2c1. The number of fused-ring (bicyclic) bond motifs is 1. The fourth-order valence-electron chi connectivity index (χ4n) is 2.04. The third-order valence-electron chi connectivity index (χ3n) is 3.11. The first-order chi connectivity index (χ1) is 7.25. The zero-order valence-corrected chi connectivity index (χ0v) is 9.04. The van der Waals surface area contributed by atoms with E-state index in [9.17, 15) is 0 Å². The minimum atomic E-state index is 0.562. The molecule has 1 aliphatic carbocycles. The number of pyridine rings is 1. The second-order valence-electron chi connectivity index (χ2n) is 4.11. The molecule has 2 N–H and O–H groups in total. The maximum atomic E-state index is 6.08. The molecule has 1 saturated carbocycles. The quantitative estimate of drug-likeness (QED) is 0.805. The van der Waals surface area contributed by atoms with E-state index >= 15 is 0 Å². The summed E-state index contributed by atoms with van der Waals surface area (Å²) in [5.74, 6) is 1.63. The number of halogens is 1. The summed E-state index contributed by atoms with van der Waals surface area (Å²) in [6.07, 6.45) is 5.62. The smallest absolute Gasteiger partial charge is 0.155 e. The Morgan fingerprint density at radius 3 is 2.87 bits per heavy atom. The zero-order valence-electron chi connectivity index (χ0n) is 8.28. The molecule has 2 aromatic heterocycles. The predicted octanol–water partition coefficient (Wildman–Crippen LogP) is 2.84. The van der Waals surface area contributed by atoms with Crippen molar-refractivity contribution >= 4 is 22.8 Å². The lowest BCUT2D eigenvalue weighted by Gasteiger charge is -2.23. The Morgan fingerprint density at radius 1 is 1.40 bits per heavy atom. The fraction of sp³-hybridized carbons (Fsp3) is 0.364. The van der Waals surface area contributed by atoms with Gasteiger partial charge in [-0.3, -0.25) is 4.40 Å². The van der Waals surface area contributed by atoms with Gasteiger partial charge in [0, 0.05) is 17.8 Å². The van der Waals surface area contributed by atoms with Crippen LogP contribution >= 0.6 is 11.6 Å². The van der Waals surface area contributed by atoms with E-state index in [2.05, 4.69) is 4.98 Å². The molecule has 2 aromatic rings. The molecule has 0 unspecified atom stereocenters. The molecule has 0 aliphatic heterocycles. The average Bonchev–Trinajstić information content (AvgIpc) is 2.41. The summed E-state index contributed by atoms with van der Waals surface area (Å²) in [6.45, 7) is 0. The Kier molecular flexibility index (Phi) is 1.89. The third kappa shape index (κ3) is 1.30. The molecule has 1 fully saturated rings. The highest BCUT2D eigenvalue weighted by atomic mass is 35.5. The molecule has 0 radical (unpaired) electrons. The molecule has 1 aliphatic rings. The van der Waals surface area contributed by atoms with Crippen LogP contribution in [0.2, 0.25) is 5.15 Å². The van der Waals surface area contributed by atoms with Crippen LogP contribution in [-0.4, -0.2) is 9.38 Å². The Morgan fingerprint density at radius 2 is 2.20 bits per heavy atom. The van der Waals surface area contributed by atoms with Crippen molar-refractivity contribution in [2.75, 3.05) is 5.73 Å². The summed E-state index contributed by atoms with van der Waals surface area (Å²) >= 11 is 6.08. The number of imidazole rings is 1. The summed E-state index contributed by atoms with van der Waals surface area (Å²) in [6, 6.07) is 3.78. The summed E-state index contributed by atoms with van der Waals surface area (Å²) in [5.41, 5.74) is 7.47. The van der Waals surface area contributed by atoms with Crippen LogP contribution in [0.5, 0.6) is 0 Å². The maximum absolute atomic E-state index is 6.08. The van der Waals surface area contributed by atoms with Crippen LogP contribution in [0.25, 0.3) is 5.52 Å². The number of nitrogens with zero attached hydrogens (tertiary/aromatic N) is 2. The first kappa shape index (κ1) is 9.04. The van der Waals surface area contributed by atoms with Gasteiger partial charge in [0.25, 0.3) is 0 Å². The van der Waals surface area contributed by atoms with Crippen LogP contribution < -0.4 is 5.73 Å². The van der Waals surface area contributed by atoms with Crippen LogP contribution in [0.4, 0.5) is 5.69 Å². The van der Waals surface area contributed by atoms with Gasteiger partial charge in [0.1, 0.15) is 5.82 Å². The van der Waals surface area contributed by atoms with Crippen LogP contribution in [0.1, 0.15) is 31.0 Å². The van der Waals surface area contributed by atoms with Gasteiger partial charge < -0.3 is 5.73 Å². The number of rotatable bonds is 1. The highest BCUT2D eigenvalue weighted by Crippen LogP contribution is 2.37. The summed E-state index contributed by atoms with van der Waals surface area (Å²) < 4.78 is 2.03. The Labute approximate surface area is 92.9 Å². The van der Waals surface area contributed by atoms with Gasteiger partial charge in [-0.15, -0.1) is 0 Å². The van der Waals surface area contributed by atoms with Crippen LogP contribution in [0.3, 0.4) is 0 Å². The molecular formula is C11H12ClN3. The number of hydrogen-bond acceptors (Lipinski definition) is 2. The van der Waals surface area contributed by atoms with E-state index in [-0.39, 0.29) is 0 Å². The fourth-order valence-corrected chi connectivity index (χ4v) is 2.28. The summed E-state index contributed by atoms with van der Waals surface area (Å²) in [4.78, 5) is 4.43. The first-order valence-corrected chi connectivity index (χ1v) is 5.56. The lowest BCUT2D eigenvalue weighted by Crippen LogP contribution is -2.12. The van der Waals surface area contributed by atoms with Crippen LogP contribution in [0.15, 0.2) is 18.3 Å². The van der Waals surface area contributed by atoms with Crippen molar-refractivity contribution in [3.05, 3.63) is 29.3 Å². The second kappa shape index (κ2) is 3.14. The highest BCUT2D eigenvalue weighted by molar-refractivity contribution is 6.32. The van der Waals surface area contributed by atoms with Gasteiger partial charge >= 0.3 is 0 Å². The molecule has 0 bridgehead atoms. The van der Waals surface area contributed by atoms with Gasteiger partial charge in [0.05, 0.1) is 5.52 Å². The standard InChI is InChI=1S/C11H12ClN3/c12-10-9-5-4-8(13)6-15(9)11(14-10)7-2-1-3-7/h4-7H,1-3,13H2. The van der Waals surface area contributed by atoms with E-state index in [0.717, 1.165) is 17.0 Å². The molecule has 0 atom stereocenters. The molecule has 0 saturated heterocycles. The van der Waals surface area contributed by atoms with Crippen molar-refractivity contribution in [3.63, 3.8) is 0 Å². The van der Waals surface area contributed by atoms with Crippen LogP contribution in [-0.2, 0) is 0 Å². The minimum absolute atomic E-state index is 0.562. The van der Waals surface area contributed by atoms with Gasteiger partial charge in [-0.25, -0.2) is 4.98 Å². The van der Waals surface area contributed by atoms with E-state index in [1.54, 1.807) is 0 Å². The minimum Gasteiger partial charge on any atom is -0.398 e. The van der Waals surface area contributed by atoms with E-state index in [0.29, 0.717) is 11.1 Å². The lowest BCUT2D eigenvalue weighted by molar-refractivity contribution is 0.400. The maximum Gasteiger partial charge on any atom is 0.155 e. The first-order valence-electron chi connectivity index (χ1n) is 5.18. The van der Waals surface area contributed by atoms with Crippen molar-refractivity contribution in [3.8, 4) is 0 Å². The normalized spacial score (nSPS) is 16.9. The third-order valence-corrected chi connectivity index (χ3v) is 3.39. The molecule has 3 nitrogen and oxygen atoms in total. The number of anilines is 1. The molecule has 0 amide bonds. The van der Waals surface area contributed by atoms with Crippen molar-refractivity contribution in [2.24, 2.45) is 0 Å². The molecule has 4 heteroatoms. The van der Waals surface area contributed by atoms with Crippen molar-refractivity contribution < 1.29 is 0 Å².